The lowest BCUT2D eigenvalue weighted by Gasteiger charge is -2.42. The highest BCUT2D eigenvalue weighted by atomic mass is 16.5. The molecule has 22 heavy (non-hydrogen) atoms. The van der Waals surface area contributed by atoms with Crippen LogP contribution in [0, 0.1) is 11.3 Å². The molecule has 2 heterocycles. The number of benzene rings is 1. The standard InChI is InChI=1S/C16H15N3O3/c1-16(2)15(21)14(19-6-5-13(20)18-9-19)11-7-10(8-17)3-4-12(11)22-16/h3-7,9,14-15,21H,1-2H3/t14-,15+/m1/s1. The molecular formula is C16H15N3O3. The Bertz CT molecular complexity index is 800. The summed E-state index contributed by atoms with van der Waals surface area (Å²) >= 11 is 0. The van der Waals surface area contributed by atoms with Crippen LogP contribution in [-0.4, -0.2) is 26.4 Å². The molecule has 0 aliphatic carbocycles. The zero-order valence-corrected chi connectivity index (χ0v) is 12.2. The Morgan fingerprint density at radius 3 is 2.82 bits per heavy atom. The van der Waals surface area contributed by atoms with Crippen LogP contribution in [0.5, 0.6) is 5.75 Å². The predicted octanol–water partition coefficient (Wildman–Crippen LogP) is 1.24. The first kappa shape index (κ1) is 14.3. The lowest BCUT2D eigenvalue weighted by Crippen LogP contribution is -2.50. The number of fused-ring (bicyclic) bond motifs is 1. The van der Waals surface area contributed by atoms with Gasteiger partial charge in [-0.15, -0.1) is 0 Å². The van der Waals surface area contributed by atoms with Gasteiger partial charge in [-0.1, -0.05) is 0 Å². The summed E-state index contributed by atoms with van der Waals surface area (Å²) in [4.78, 5) is 14.9. The molecule has 112 valence electrons. The van der Waals surface area contributed by atoms with Crippen LogP contribution in [0.15, 0.2) is 41.6 Å². The molecule has 0 spiro atoms. The molecule has 0 unspecified atom stereocenters. The topological polar surface area (TPSA) is 88.1 Å². The Kier molecular flexibility index (Phi) is 3.23. The first-order valence-electron chi connectivity index (χ1n) is 6.87. The van der Waals surface area contributed by atoms with E-state index in [1.165, 1.54) is 12.4 Å². The van der Waals surface area contributed by atoms with Crippen LogP contribution in [0.25, 0.3) is 0 Å². The Hall–Kier alpha value is -2.65. The number of nitrogens with zero attached hydrogens (tertiary/aromatic N) is 3. The minimum atomic E-state index is -0.863. The Balaban J connectivity index is 2.21. The van der Waals surface area contributed by atoms with Crippen molar-refractivity contribution in [3.05, 3.63) is 58.3 Å². The maximum absolute atomic E-state index is 11.2. The van der Waals surface area contributed by atoms with Gasteiger partial charge in [-0.3, -0.25) is 4.79 Å². The van der Waals surface area contributed by atoms with Crippen LogP contribution in [0.3, 0.4) is 0 Å². The van der Waals surface area contributed by atoms with Crippen LogP contribution in [0.2, 0.25) is 0 Å². The van der Waals surface area contributed by atoms with Crippen molar-refractivity contribution in [2.75, 3.05) is 0 Å². The molecular weight excluding hydrogens is 282 g/mol. The zero-order chi connectivity index (χ0) is 15.9. The zero-order valence-electron chi connectivity index (χ0n) is 12.2. The minimum Gasteiger partial charge on any atom is -0.485 e. The SMILES string of the molecule is CC1(C)Oc2ccc(C#N)cc2[C@@H](n2ccc(=O)nc2)[C@@H]1O. The summed E-state index contributed by atoms with van der Waals surface area (Å²) in [6, 6.07) is 8.02. The molecule has 6 heteroatoms. The molecule has 3 rings (SSSR count). The Morgan fingerprint density at radius 2 is 2.18 bits per heavy atom. The number of aliphatic hydroxyl groups is 1. The van der Waals surface area contributed by atoms with E-state index in [0.717, 1.165) is 0 Å². The van der Waals surface area contributed by atoms with E-state index in [2.05, 4.69) is 11.1 Å². The highest BCUT2D eigenvalue weighted by molar-refractivity contribution is 5.46. The van der Waals surface area contributed by atoms with Gasteiger partial charge in [0.15, 0.2) is 0 Å². The van der Waals surface area contributed by atoms with Crippen molar-refractivity contribution in [3.63, 3.8) is 0 Å². The number of aromatic nitrogens is 2. The molecule has 0 amide bonds. The van der Waals surface area contributed by atoms with Crippen molar-refractivity contribution >= 4 is 0 Å². The second-order valence-electron chi connectivity index (χ2n) is 5.81. The molecule has 1 N–H and O–H groups in total. The largest absolute Gasteiger partial charge is 0.485 e. The lowest BCUT2D eigenvalue weighted by molar-refractivity contribution is -0.0639. The van der Waals surface area contributed by atoms with Gasteiger partial charge >= 0.3 is 0 Å². The molecule has 1 aromatic carbocycles. The van der Waals surface area contributed by atoms with E-state index in [1.807, 2.05) is 0 Å². The third-order valence-corrected chi connectivity index (χ3v) is 3.87. The van der Waals surface area contributed by atoms with Gasteiger partial charge in [-0.25, -0.2) is 0 Å². The van der Waals surface area contributed by atoms with Crippen molar-refractivity contribution in [1.82, 2.24) is 9.55 Å². The highest BCUT2D eigenvalue weighted by Gasteiger charge is 2.43. The number of hydrogen-bond acceptors (Lipinski definition) is 5. The van der Waals surface area contributed by atoms with Gasteiger partial charge in [0.2, 0.25) is 0 Å². The summed E-state index contributed by atoms with van der Waals surface area (Å²) in [6.07, 6.45) is 2.10. The summed E-state index contributed by atoms with van der Waals surface area (Å²) in [6.45, 7) is 3.59. The van der Waals surface area contributed by atoms with E-state index in [9.17, 15) is 9.90 Å². The molecule has 1 aromatic heterocycles. The number of nitriles is 1. The fraction of sp³-hybridized carbons (Fsp3) is 0.312. The van der Waals surface area contributed by atoms with Crippen molar-refractivity contribution in [1.29, 1.82) is 5.26 Å². The average molecular weight is 297 g/mol. The molecule has 1 aliphatic rings. The summed E-state index contributed by atoms with van der Waals surface area (Å²) in [5, 5.41) is 19.8. The van der Waals surface area contributed by atoms with E-state index in [1.54, 1.807) is 42.8 Å². The van der Waals surface area contributed by atoms with Crippen molar-refractivity contribution in [3.8, 4) is 11.8 Å². The van der Waals surface area contributed by atoms with E-state index in [4.69, 9.17) is 10.00 Å². The molecule has 0 saturated heterocycles. The van der Waals surface area contributed by atoms with E-state index in [-0.39, 0.29) is 5.56 Å². The number of rotatable bonds is 1. The van der Waals surface area contributed by atoms with Gasteiger partial charge in [-0.2, -0.15) is 10.2 Å². The van der Waals surface area contributed by atoms with Gasteiger partial charge in [0.1, 0.15) is 17.5 Å². The maximum Gasteiger partial charge on any atom is 0.272 e. The second kappa shape index (κ2) is 4.97. The average Bonchev–Trinajstić information content (AvgIpc) is 2.49. The second-order valence-corrected chi connectivity index (χ2v) is 5.81. The van der Waals surface area contributed by atoms with Crippen molar-refractivity contribution in [2.45, 2.75) is 31.6 Å². The molecule has 2 atom stereocenters. The molecule has 0 bridgehead atoms. The Morgan fingerprint density at radius 1 is 1.41 bits per heavy atom. The van der Waals surface area contributed by atoms with E-state index >= 15 is 0 Å². The molecule has 0 saturated carbocycles. The predicted molar refractivity (Wildman–Crippen MR) is 78.5 cm³/mol. The quantitative estimate of drug-likeness (QED) is 0.855. The third-order valence-electron chi connectivity index (χ3n) is 3.87. The first-order chi connectivity index (χ1) is 10.4. The lowest BCUT2D eigenvalue weighted by atomic mass is 9.86. The number of aliphatic hydroxyl groups excluding tert-OH is 1. The summed E-state index contributed by atoms with van der Waals surface area (Å²) in [5.41, 5.74) is 0.0160. The monoisotopic (exact) mass is 297 g/mol. The van der Waals surface area contributed by atoms with E-state index in [0.29, 0.717) is 16.9 Å². The van der Waals surface area contributed by atoms with Gasteiger partial charge in [0.05, 0.1) is 24.0 Å². The maximum atomic E-state index is 11.2. The normalized spacial score (nSPS) is 22.3. The molecule has 0 radical (unpaired) electrons. The van der Waals surface area contributed by atoms with E-state index < -0.39 is 17.7 Å². The van der Waals surface area contributed by atoms with Gasteiger partial charge in [-0.05, 0) is 32.0 Å². The van der Waals surface area contributed by atoms with Crippen LogP contribution in [0.1, 0.15) is 31.0 Å². The molecule has 0 fully saturated rings. The highest BCUT2D eigenvalue weighted by Crippen LogP contribution is 2.41. The summed E-state index contributed by atoms with van der Waals surface area (Å²) in [7, 11) is 0. The van der Waals surface area contributed by atoms with Crippen molar-refractivity contribution in [2.24, 2.45) is 0 Å². The van der Waals surface area contributed by atoms with Gasteiger partial charge < -0.3 is 14.4 Å². The Labute approximate surface area is 127 Å². The summed E-state index contributed by atoms with van der Waals surface area (Å²) in [5.74, 6) is 0.609. The molecule has 2 aromatic rings. The first-order valence-corrected chi connectivity index (χ1v) is 6.87. The van der Waals surface area contributed by atoms with Crippen LogP contribution in [0.4, 0.5) is 0 Å². The minimum absolute atomic E-state index is 0.344. The fourth-order valence-corrected chi connectivity index (χ4v) is 2.68. The number of hydrogen-bond donors (Lipinski definition) is 1. The summed E-state index contributed by atoms with van der Waals surface area (Å²) < 4.78 is 7.51. The smallest absolute Gasteiger partial charge is 0.272 e. The third kappa shape index (κ3) is 2.26. The van der Waals surface area contributed by atoms with Gasteiger partial charge in [0.25, 0.3) is 5.56 Å². The van der Waals surface area contributed by atoms with Crippen LogP contribution < -0.4 is 10.3 Å². The van der Waals surface area contributed by atoms with Crippen LogP contribution in [-0.2, 0) is 0 Å². The van der Waals surface area contributed by atoms with Crippen molar-refractivity contribution < 1.29 is 9.84 Å². The number of ether oxygens (including phenoxy) is 1. The molecule has 1 aliphatic heterocycles. The van der Waals surface area contributed by atoms with Crippen LogP contribution >= 0.6 is 0 Å². The van der Waals surface area contributed by atoms with Gasteiger partial charge in [0, 0.05) is 17.8 Å². The molecule has 6 nitrogen and oxygen atoms in total. The fourth-order valence-electron chi connectivity index (χ4n) is 2.68.